The second-order valence-electron chi connectivity index (χ2n) is 10.3. The van der Waals surface area contributed by atoms with Gasteiger partial charge in [-0.15, -0.1) is 0 Å². The number of hydrogen-bond donors (Lipinski definition) is 0. The number of pyridine rings is 1. The number of hydrogen-bond acceptors (Lipinski definition) is 5. The Morgan fingerprint density at radius 1 is 0.893 bits per heavy atom. The van der Waals surface area contributed by atoms with Crippen LogP contribution in [0.4, 0.5) is 0 Å². The highest BCUT2D eigenvalue weighted by atomic mass is 16.5. The molecule has 2 aliphatic rings. The van der Waals surface area contributed by atoms with E-state index in [1.165, 1.54) is 0 Å². The minimum Gasteiger partial charge on any atom is -0.486 e. The average molecular weight is 390 g/mol. The lowest BCUT2D eigenvalue weighted by molar-refractivity contribution is -0.0891. The second kappa shape index (κ2) is 8.68. The third-order valence-electron chi connectivity index (χ3n) is 5.87. The summed E-state index contributed by atoms with van der Waals surface area (Å²) in [4.78, 5) is 9.47. The van der Waals surface area contributed by atoms with Gasteiger partial charge in [-0.1, -0.05) is 0 Å². The van der Waals surface area contributed by atoms with Crippen LogP contribution in [0.1, 0.15) is 60.1 Å². The molecule has 2 saturated heterocycles. The second-order valence-corrected chi connectivity index (χ2v) is 10.3. The summed E-state index contributed by atoms with van der Waals surface area (Å²) in [6.07, 6.45) is 5.81. The van der Waals surface area contributed by atoms with E-state index < -0.39 is 0 Å². The minimum atomic E-state index is 0.232. The number of rotatable bonds is 8. The molecule has 3 heterocycles. The number of aromatic nitrogens is 1. The van der Waals surface area contributed by atoms with Crippen LogP contribution in [0.2, 0.25) is 0 Å². The topological polar surface area (TPSA) is 37.8 Å². The summed E-state index contributed by atoms with van der Waals surface area (Å²) >= 11 is 0. The molecule has 3 rings (SSSR count). The van der Waals surface area contributed by atoms with Crippen molar-refractivity contribution < 1.29 is 9.47 Å². The number of ether oxygens (including phenoxy) is 2. The van der Waals surface area contributed by atoms with E-state index in [1.807, 2.05) is 6.20 Å². The molecule has 158 valence electrons. The van der Waals surface area contributed by atoms with Gasteiger partial charge >= 0.3 is 0 Å². The van der Waals surface area contributed by atoms with Crippen molar-refractivity contribution in [1.29, 1.82) is 0 Å². The molecule has 0 spiro atoms. The maximum Gasteiger partial charge on any atom is 0.138 e. The SMILES string of the molecule is CC(C)(C)N1CC(OCCCCc2ccc(OC3CN(C(C)(C)C)C3)cn2)C1. The highest BCUT2D eigenvalue weighted by Crippen LogP contribution is 2.25. The lowest BCUT2D eigenvalue weighted by Gasteiger charge is -2.47. The number of likely N-dealkylation sites (tertiary alicyclic amines) is 2. The van der Waals surface area contributed by atoms with Crippen LogP contribution in [-0.4, -0.2) is 70.9 Å². The molecule has 0 unspecified atom stereocenters. The smallest absolute Gasteiger partial charge is 0.138 e. The largest absolute Gasteiger partial charge is 0.486 e. The van der Waals surface area contributed by atoms with Crippen molar-refractivity contribution in [2.24, 2.45) is 0 Å². The van der Waals surface area contributed by atoms with Crippen LogP contribution in [0.3, 0.4) is 0 Å². The minimum absolute atomic E-state index is 0.232. The lowest BCUT2D eigenvalue weighted by Crippen LogP contribution is -2.60. The predicted molar refractivity (Wildman–Crippen MR) is 114 cm³/mol. The Morgan fingerprint density at radius 3 is 2.04 bits per heavy atom. The molecular formula is C23H39N3O2. The Hall–Kier alpha value is -1.17. The molecule has 5 heteroatoms. The molecule has 0 aromatic carbocycles. The normalized spacial score (nSPS) is 20.1. The van der Waals surface area contributed by atoms with Crippen LogP contribution < -0.4 is 4.74 Å². The first kappa shape index (κ1) is 21.5. The van der Waals surface area contributed by atoms with Gasteiger partial charge < -0.3 is 9.47 Å². The van der Waals surface area contributed by atoms with E-state index >= 15 is 0 Å². The standard InChI is InChI=1S/C23H39N3O2/c1-22(2,3)25-14-20(15-25)27-12-8-7-9-18-10-11-19(13-24-18)28-21-16-26(17-21)23(4,5)6/h10-11,13,20-21H,7-9,12,14-17H2,1-6H3. The Morgan fingerprint density at radius 2 is 1.50 bits per heavy atom. The van der Waals surface area contributed by atoms with E-state index in [4.69, 9.17) is 9.47 Å². The quantitative estimate of drug-likeness (QED) is 0.633. The van der Waals surface area contributed by atoms with Crippen molar-refractivity contribution in [3.63, 3.8) is 0 Å². The number of nitrogens with zero attached hydrogens (tertiary/aromatic N) is 3. The van der Waals surface area contributed by atoms with Gasteiger partial charge in [0.15, 0.2) is 0 Å². The van der Waals surface area contributed by atoms with E-state index in [1.54, 1.807) is 0 Å². The fraction of sp³-hybridized carbons (Fsp3) is 0.783. The predicted octanol–water partition coefficient (Wildman–Crippen LogP) is 3.77. The molecule has 0 radical (unpaired) electrons. The molecule has 0 N–H and O–H groups in total. The molecule has 0 amide bonds. The molecule has 0 atom stereocenters. The first-order chi connectivity index (χ1) is 13.1. The van der Waals surface area contributed by atoms with Gasteiger partial charge in [-0.25, -0.2) is 0 Å². The molecule has 2 fully saturated rings. The monoisotopic (exact) mass is 389 g/mol. The summed E-state index contributed by atoms with van der Waals surface area (Å²) in [5.41, 5.74) is 1.64. The summed E-state index contributed by atoms with van der Waals surface area (Å²) in [5, 5.41) is 0. The van der Waals surface area contributed by atoms with Crippen LogP contribution in [0.25, 0.3) is 0 Å². The van der Waals surface area contributed by atoms with Crippen molar-refractivity contribution in [2.75, 3.05) is 32.8 Å². The van der Waals surface area contributed by atoms with Crippen LogP contribution in [0.15, 0.2) is 18.3 Å². The van der Waals surface area contributed by atoms with Crippen LogP contribution >= 0.6 is 0 Å². The molecule has 28 heavy (non-hydrogen) atoms. The Bertz CT molecular complexity index is 606. The van der Waals surface area contributed by atoms with Gasteiger partial charge in [-0.3, -0.25) is 14.8 Å². The molecule has 0 aliphatic carbocycles. The van der Waals surface area contributed by atoms with E-state index in [2.05, 4.69) is 68.5 Å². The number of aryl methyl sites for hydroxylation is 1. The fourth-order valence-electron chi connectivity index (χ4n) is 3.63. The zero-order valence-corrected chi connectivity index (χ0v) is 18.7. The zero-order chi connectivity index (χ0) is 20.4. The summed E-state index contributed by atoms with van der Waals surface area (Å²) < 4.78 is 12.0. The van der Waals surface area contributed by atoms with Gasteiger partial charge in [0.2, 0.25) is 0 Å². The van der Waals surface area contributed by atoms with Gasteiger partial charge in [0.1, 0.15) is 11.9 Å². The van der Waals surface area contributed by atoms with Gasteiger partial charge in [0.05, 0.1) is 12.3 Å². The molecule has 5 nitrogen and oxygen atoms in total. The Balaban J connectivity index is 1.25. The summed E-state index contributed by atoms with van der Waals surface area (Å²) in [6, 6.07) is 4.16. The van der Waals surface area contributed by atoms with Crippen molar-refractivity contribution in [3.8, 4) is 5.75 Å². The summed E-state index contributed by atoms with van der Waals surface area (Å²) in [5.74, 6) is 0.888. The molecule has 1 aromatic rings. The highest BCUT2D eigenvalue weighted by Gasteiger charge is 2.36. The van der Waals surface area contributed by atoms with Gasteiger partial charge in [0, 0.05) is 49.6 Å². The van der Waals surface area contributed by atoms with Gasteiger partial charge in [0.25, 0.3) is 0 Å². The molecule has 2 aliphatic heterocycles. The van der Waals surface area contributed by atoms with Crippen LogP contribution in [0, 0.1) is 0 Å². The van der Waals surface area contributed by atoms with E-state index in [0.717, 1.165) is 63.5 Å². The first-order valence-corrected chi connectivity index (χ1v) is 10.8. The van der Waals surface area contributed by atoms with Crippen molar-refractivity contribution in [3.05, 3.63) is 24.0 Å². The summed E-state index contributed by atoms with van der Waals surface area (Å²) in [7, 11) is 0. The average Bonchev–Trinajstić information content (AvgIpc) is 2.50. The maximum atomic E-state index is 6.02. The highest BCUT2D eigenvalue weighted by molar-refractivity contribution is 5.20. The van der Waals surface area contributed by atoms with E-state index in [-0.39, 0.29) is 11.1 Å². The summed E-state index contributed by atoms with van der Waals surface area (Å²) in [6.45, 7) is 18.5. The molecule has 0 bridgehead atoms. The van der Waals surface area contributed by atoms with Crippen molar-refractivity contribution in [2.45, 2.75) is 84.1 Å². The maximum absolute atomic E-state index is 6.02. The Kier molecular flexibility index (Phi) is 6.68. The first-order valence-electron chi connectivity index (χ1n) is 10.8. The van der Waals surface area contributed by atoms with Crippen molar-refractivity contribution >= 4 is 0 Å². The number of unbranched alkanes of at least 4 members (excludes halogenated alkanes) is 1. The third kappa shape index (κ3) is 5.91. The zero-order valence-electron chi connectivity index (χ0n) is 18.7. The van der Waals surface area contributed by atoms with Crippen LogP contribution in [-0.2, 0) is 11.2 Å². The van der Waals surface area contributed by atoms with Crippen LogP contribution in [0.5, 0.6) is 5.75 Å². The van der Waals surface area contributed by atoms with E-state index in [0.29, 0.717) is 12.2 Å². The molecule has 0 saturated carbocycles. The lowest BCUT2D eigenvalue weighted by atomic mass is 9.99. The van der Waals surface area contributed by atoms with Crippen molar-refractivity contribution in [1.82, 2.24) is 14.8 Å². The molecule has 1 aromatic heterocycles. The Labute approximate surface area is 171 Å². The van der Waals surface area contributed by atoms with Gasteiger partial charge in [-0.2, -0.15) is 0 Å². The van der Waals surface area contributed by atoms with E-state index in [9.17, 15) is 0 Å². The van der Waals surface area contributed by atoms with Gasteiger partial charge in [-0.05, 0) is 72.9 Å². The third-order valence-corrected chi connectivity index (χ3v) is 5.87. The fourth-order valence-corrected chi connectivity index (χ4v) is 3.63. The molecular weight excluding hydrogens is 350 g/mol.